The molecule has 0 unspecified atom stereocenters. The molecule has 0 radical (unpaired) electrons. The molecular weight excluding hydrogens is 180 g/mol. The third-order valence-corrected chi connectivity index (χ3v) is 2.49. The van der Waals surface area contributed by atoms with Crippen molar-refractivity contribution in [3.63, 3.8) is 0 Å². The molecule has 0 spiro atoms. The molecule has 3 N–H and O–H groups in total. The second-order valence-corrected chi connectivity index (χ2v) is 3.95. The molecule has 0 aromatic carbocycles. The number of nitrogens with one attached hydrogen (secondary N) is 1. The zero-order valence-electron chi connectivity index (χ0n) is 8.79. The van der Waals surface area contributed by atoms with E-state index in [4.69, 9.17) is 10.5 Å². The van der Waals surface area contributed by atoms with Crippen molar-refractivity contribution < 1.29 is 9.53 Å². The molecule has 1 rings (SSSR count). The predicted molar refractivity (Wildman–Crippen MR) is 54.9 cm³/mol. The van der Waals surface area contributed by atoms with E-state index < -0.39 is 0 Å². The topological polar surface area (TPSA) is 64.4 Å². The summed E-state index contributed by atoms with van der Waals surface area (Å²) in [6.45, 7) is 3.78. The van der Waals surface area contributed by atoms with E-state index in [2.05, 4.69) is 5.32 Å². The summed E-state index contributed by atoms with van der Waals surface area (Å²) in [6.07, 6.45) is 4.21. The summed E-state index contributed by atoms with van der Waals surface area (Å²) in [7, 11) is 0. The van der Waals surface area contributed by atoms with Gasteiger partial charge >= 0.3 is 0 Å². The Bertz CT molecular complexity index is 179. The molecule has 1 aliphatic rings. The minimum Gasteiger partial charge on any atom is -0.378 e. The Morgan fingerprint density at radius 1 is 1.71 bits per heavy atom. The molecule has 1 fully saturated rings. The maximum Gasteiger partial charge on any atom is 0.218 e. The molecule has 1 amide bonds. The summed E-state index contributed by atoms with van der Waals surface area (Å²) in [5.74, 6) is -0.248. The van der Waals surface area contributed by atoms with Crippen LogP contribution in [0.3, 0.4) is 0 Å². The molecule has 0 aromatic heterocycles. The van der Waals surface area contributed by atoms with Crippen LogP contribution < -0.4 is 11.1 Å². The molecule has 0 bridgehead atoms. The highest BCUT2D eigenvalue weighted by molar-refractivity contribution is 5.74. The molecule has 2 atom stereocenters. The van der Waals surface area contributed by atoms with Crippen LogP contribution >= 0.6 is 0 Å². The van der Waals surface area contributed by atoms with Crippen molar-refractivity contribution in [3.05, 3.63) is 0 Å². The standard InChI is InChI=1S/C10H20N2O2/c1-8(7-10(11)13)12-5-4-9-3-2-6-14-9/h8-9,12H,2-7H2,1H3,(H2,11,13)/t8-,9-/m1/s1. The predicted octanol–water partition coefficient (Wildman–Crippen LogP) is 0.409. The molecule has 4 heteroatoms. The van der Waals surface area contributed by atoms with Crippen LogP contribution in [0.15, 0.2) is 0 Å². The average Bonchev–Trinajstić information content (AvgIpc) is 2.55. The van der Waals surface area contributed by atoms with Gasteiger partial charge in [0.2, 0.25) is 5.91 Å². The van der Waals surface area contributed by atoms with Crippen LogP contribution in [0.2, 0.25) is 0 Å². The number of carbonyl (C=O) groups is 1. The molecular formula is C10H20N2O2. The van der Waals surface area contributed by atoms with Crippen molar-refractivity contribution in [2.24, 2.45) is 5.73 Å². The fourth-order valence-electron chi connectivity index (χ4n) is 1.74. The summed E-state index contributed by atoms with van der Waals surface area (Å²) < 4.78 is 5.48. The van der Waals surface area contributed by atoms with Gasteiger partial charge in [-0.05, 0) is 32.7 Å². The van der Waals surface area contributed by atoms with Crippen LogP contribution in [0.25, 0.3) is 0 Å². The fourth-order valence-corrected chi connectivity index (χ4v) is 1.74. The van der Waals surface area contributed by atoms with Crippen LogP contribution in [-0.2, 0) is 9.53 Å². The normalized spacial score (nSPS) is 23.6. The summed E-state index contributed by atoms with van der Waals surface area (Å²) in [4.78, 5) is 10.6. The second-order valence-electron chi connectivity index (χ2n) is 3.95. The van der Waals surface area contributed by atoms with E-state index in [1.165, 1.54) is 12.8 Å². The first-order chi connectivity index (χ1) is 6.68. The van der Waals surface area contributed by atoms with Gasteiger partial charge in [0, 0.05) is 19.1 Å². The first-order valence-electron chi connectivity index (χ1n) is 5.32. The lowest BCUT2D eigenvalue weighted by molar-refractivity contribution is -0.118. The number of amides is 1. The van der Waals surface area contributed by atoms with Gasteiger partial charge in [-0.3, -0.25) is 4.79 Å². The van der Waals surface area contributed by atoms with E-state index in [0.29, 0.717) is 12.5 Å². The molecule has 82 valence electrons. The number of rotatable bonds is 6. The third-order valence-electron chi connectivity index (χ3n) is 2.49. The number of primary amides is 1. The zero-order chi connectivity index (χ0) is 10.4. The maximum absolute atomic E-state index is 10.6. The highest BCUT2D eigenvalue weighted by Crippen LogP contribution is 2.14. The Morgan fingerprint density at radius 2 is 2.50 bits per heavy atom. The van der Waals surface area contributed by atoms with Crippen LogP contribution in [0.1, 0.15) is 32.6 Å². The smallest absolute Gasteiger partial charge is 0.218 e. The number of hydrogen-bond donors (Lipinski definition) is 2. The Labute approximate surface area is 85.2 Å². The quantitative estimate of drug-likeness (QED) is 0.652. The fraction of sp³-hybridized carbons (Fsp3) is 0.900. The van der Waals surface area contributed by atoms with Crippen molar-refractivity contribution >= 4 is 5.91 Å². The summed E-state index contributed by atoms with van der Waals surface area (Å²) in [5, 5.41) is 3.26. The van der Waals surface area contributed by atoms with Crippen molar-refractivity contribution in [3.8, 4) is 0 Å². The van der Waals surface area contributed by atoms with Crippen LogP contribution in [0, 0.1) is 0 Å². The molecule has 0 aromatic rings. The first kappa shape index (κ1) is 11.5. The summed E-state index contributed by atoms with van der Waals surface area (Å²) >= 11 is 0. The van der Waals surface area contributed by atoms with Crippen molar-refractivity contribution in [2.75, 3.05) is 13.2 Å². The summed E-state index contributed by atoms with van der Waals surface area (Å²) in [5.41, 5.74) is 5.08. The molecule has 1 heterocycles. The Balaban J connectivity index is 1.99. The van der Waals surface area contributed by atoms with Crippen molar-refractivity contribution in [2.45, 2.75) is 44.8 Å². The Morgan fingerprint density at radius 3 is 3.07 bits per heavy atom. The van der Waals surface area contributed by atoms with Gasteiger partial charge in [-0.2, -0.15) is 0 Å². The first-order valence-corrected chi connectivity index (χ1v) is 5.32. The molecule has 0 aliphatic carbocycles. The van der Waals surface area contributed by atoms with E-state index in [-0.39, 0.29) is 11.9 Å². The van der Waals surface area contributed by atoms with Crippen molar-refractivity contribution in [1.82, 2.24) is 5.32 Å². The van der Waals surface area contributed by atoms with Crippen LogP contribution in [0.5, 0.6) is 0 Å². The molecule has 4 nitrogen and oxygen atoms in total. The van der Waals surface area contributed by atoms with Gasteiger partial charge in [-0.1, -0.05) is 0 Å². The van der Waals surface area contributed by atoms with Gasteiger partial charge in [0.05, 0.1) is 6.10 Å². The van der Waals surface area contributed by atoms with E-state index in [0.717, 1.165) is 19.6 Å². The van der Waals surface area contributed by atoms with Gasteiger partial charge < -0.3 is 15.8 Å². The zero-order valence-corrected chi connectivity index (χ0v) is 8.79. The SMILES string of the molecule is C[C@H](CC(N)=O)NCC[C@H]1CCCO1. The lowest BCUT2D eigenvalue weighted by atomic mass is 10.1. The molecule has 14 heavy (non-hydrogen) atoms. The summed E-state index contributed by atoms with van der Waals surface area (Å²) in [6, 6.07) is 0.175. The lowest BCUT2D eigenvalue weighted by Gasteiger charge is -2.14. The highest BCUT2D eigenvalue weighted by atomic mass is 16.5. The lowest BCUT2D eigenvalue weighted by Crippen LogP contribution is -2.32. The minimum atomic E-state index is -0.248. The average molecular weight is 200 g/mol. The van der Waals surface area contributed by atoms with E-state index >= 15 is 0 Å². The van der Waals surface area contributed by atoms with Crippen LogP contribution in [0.4, 0.5) is 0 Å². The Kier molecular flexibility index (Phi) is 4.90. The monoisotopic (exact) mass is 200 g/mol. The third kappa shape index (κ3) is 4.58. The van der Waals surface area contributed by atoms with E-state index in [1.54, 1.807) is 0 Å². The number of ether oxygens (including phenoxy) is 1. The van der Waals surface area contributed by atoms with E-state index in [9.17, 15) is 4.79 Å². The van der Waals surface area contributed by atoms with Crippen molar-refractivity contribution in [1.29, 1.82) is 0 Å². The minimum absolute atomic E-state index is 0.175. The van der Waals surface area contributed by atoms with Gasteiger partial charge in [0.25, 0.3) is 0 Å². The molecule has 0 saturated carbocycles. The number of hydrogen-bond acceptors (Lipinski definition) is 3. The number of nitrogens with two attached hydrogens (primary N) is 1. The van der Waals surface area contributed by atoms with Crippen LogP contribution in [-0.4, -0.2) is 31.2 Å². The number of carbonyl (C=O) groups excluding carboxylic acids is 1. The molecule has 1 aliphatic heterocycles. The van der Waals surface area contributed by atoms with Gasteiger partial charge in [-0.25, -0.2) is 0 Å². The largest absolute Gasteiger partial charge is 0.378 e. The Hall–Kier alpha value is -0.610. The second kappa shape index (κ2) is 5.98. The maximum atomic E-state index is 10.6. The van der Waals surface area contributed by atoms with Gasteiger partial charge in [0.1, 0.15) is 0 Å². The molecule has 1 saturated heterocycles. The highest BCUT2D eigenvalue weighted by Gasteiger charge is 2.15. The van der Waals surface area contributed by atoms with Gasteiger partial charge in [-0.15, -0.1) is 0 Å². The van der Waals surface area contributed by atoms with Gasteiger partial charge in [0.15, 0.2) is 0 Å². The van der Waals surface area contributed by atoms with E-state index in [1.807, 2.05) is 6.92 Å².